The monoisotopic (exact) mass is 341 g/mol. The largest absolute Gasteiger partial charge is 0.406 e. The maximum Gasteiger partial charge on any atom is 0.406 e. The lowest BCUT2D eigenvalue weighted by molar-refractivity contribution is -0.169. The van der Waals surface area contributed by atoms with Crippen LogP contribution in [0.25, 0.3) is 0 Å². The van der Waals surface area contributed by atoms with Crippen molar-refractivity contribution < 1.29 is 22.7 Å². The molecule has 130 valence electrons. The van der Waals surface area contributed by atoms with Crippen molar-refractivity contribution in [3.63, 3.8) is 0 Å². The number of halogens is 3. The van der Waals surface area contributed by atoms with E-state index in [2.05, 4.69) is 4.98 Å². The minimum absolute atomic E-state index is 0.255. The Hall–Kier alpha value is -2.35. The van der Waals surface area contributed by atoms with Gasteiger partial charge < -0.3 is 14.2 Å². The van der Waals surface area contributed by atoms with E-state index in [-0.39, 0.29) is 6.54 Å². The first-order valence-corrected chi connectivity index (χ1v) is 7.21. The van der Waals surface area contributed by atoms with Crippen LogP contribution in [0.4, 0.5) is 13.2 Å². The number of alkyl halides is 3. The number of carbonyl (C=O) groups is 1. The Labute approximate surface area is 137 Å². The van der Waals surface area contributed by atoms with Crippen LogP contribution in [0.15, 0.2) is 42.7 Å². The summed E-state index contributed by atoms with van der Waals surface area (Å²) in [6.07, 6.45) is -2.54. The molecule has 8 heteroatoms. The number of aryl methyl sites for hydroxylation is 1. The second-order valence-electron chi connectivity index (χ2n) is 5.29. The molecule has 1 heterocycles. The predicted molar refractivity (Wildman–Crippen MR) is 80.9 cm³/mol. The van der Waals surface area contributed by atoms with Gasteiger partial charge in [-0.2, -0.15) is 13.2 Å². The normalized spacial score (nSPS) is 12.9. The molecule has 2 rings (SSSR count). The lowest BCUT2D eigenvalue weighted by Crippen LogP contribution is -2.42. The Morgan fingerprint density at radius 1 is 1.33 bits per heavy atom. The first kappa shape index (κ1) is 18.0. The first-order chi connectivity index (χ1) is 11.3. The number of imidazole rings is 1. The summed E-state index contributed by atoms with van der Waals surface area (Å²) < 4.78 is 45.4. The molecule has 0 saturated heterocycles. The Morgan fingerprint density at radius 2 is 2.00 bits per heavy atom. The van der Waals surface area contributed by atoms with Crippen LogP contribution in [-0.4, -0.2) is 40.2 Å². The van der Waals surface area contributed by atoms with Crippen LogP contribution in [0, 0.1) is 0 Å². The van der Waals surface area contributed by atoms with Crippen LogP contribution in [0.1, 0.15) is 17.5 Å². The lowest BCUT2D eigenvalue weighted by atomic mass is 10.1. The Morgan fingerprint density at radius 3 is 2.50 bits per heavy atom. The Bertz CT molecular complexity index is 671. The number of rotatable bonds is 6. The van der Waals surface area contributed by atoms with Gasteiger partial charge in [0.25, 0.3) is 5.91 Å². The van der Waals surface area contributed by atoms with Gasteiger partial charge in [0.15, 0.2) is 6.10 Å². The Kier molecular flexibility index (Phi) is 5.61. The zero-order valence-electron chi connectivity index (χ0n) is 13.3. The summed E-state index contributed by atoms with van der Waals surface area (Å²) in [7, 11) is 2.95. The highest BCUT2D eigenvalue weighted by molar-refractivity contribution is 5.82. The van der Waals surface area contributed by atoms with Crippen molar-refractivity contribution in [2.24, 2.45) is 7.05 Å². The molecular weight excluding hydrogens is 323 g/mol. The number of hydrogen-bond donors (Lipinski definition) is 0. The maximum atomic E-state index is 12.9. The van der Waals surface area contributed by atoms with Crippen LogP contribution in [0.3, 0.4) is 0 Å². The molecule has 0 bridgehead atoms. The van der Waals surface area contributed by atoms with E-state index < -0.39 is 24.7 Å². The molecule has 2 aromatic rings. The fourth-order valence-electron chi connectivity index (χ4n) is 2.32. The molecule has 0 spiro atoms. The summed E-state index contributed by atoms with van der Waals surface area (Å²) >= 11 is 0. The van der Waals surface area contributed by atoms with Gasteiger partial charge in [0, 0.05) is 26.6 Å². The highest BCUT2D eigenvalue weighted by Gasteiger charge is 2.36. The predicted octanol–water partition coefficient (Wildman–Crippen LogP) is 2.70. The number of aromatic nitrogens is 2. The molecule has 1 amide bonds. The molecule has 1 unspecified atom stereocenters. The molecule has 0 fully saturated rings. The molecule has 0 radical (unpaired) electrons. The van der Waals surface area contributed by atoms with Crippen LogP contribution in [0.2, 0.25) is 0 Å². The van der Waals surface area contributed by atoms with Gasteiger partial charge in [-0.25, -0.2) is 4.98 Å². The van der Waals surface area contributed by atoms with Crippen LogP contribution < -0.4 is 0 Å². The van der Waals surface area contributed by atoms with Crippen LogP contribution >= 0.6 is 0 Å². The van der Waals surface area contributed by atoms with E-state index in [1.807, 2.05) is 0 Å². The van der Waals surface area contributed by atoms with Crippen molar-refractivity contribution in [1.82, 2.24) is 14.5 Å². The second kappa shape index (κ2) is 7.48. The first-order valence-electron chi connectivity index (χ1n) is 7.21. The smallest absolute Gasteiger partial charge is 0.367 e. The average Bonchev–Trinajstić information content (AvgIpc) is 2.92. The van der Waals surface area contributed by atoms with Gasteiger partial charge in [-0.05, 0) is 5.56 Å². The van der Waals surface area contributed by atoms with Gasteiger partial charge in [0.05, 0.1) is 6.54 Å². The molecular formula is C16H18F3N3O2. The van der Waals surface area contributed by atoms with E-state index in [1.54, 1.807) is 48.1 Å². The number of benzene rings is 1. The van der Waals surface area contributed by atoms with Crippen molar-refractivity contribution in [2.75, 3.05) is 13.7 Å². The fourth-order valence-corrected chi connectivity index (χ4v) is 2.32. The second-order valence-corrected chi connectivity index (χ2v) is 5.29. The van der Waals surface area contributed by atoms with E-state index in [0.717, 1.165) is 0 Å². The van der Waals surface area contributed by atoms with Gasteiger partial charge in [-0.15, -0.1) is 0 Å². The van der Waals surface area contributed by atoms with E-state index in [9.17, 15) is 18.0 Å². The third-order valence-corrected chi connectivity index (χ3v) is 3.50. The van der Waals surface area contributed by atoms with Crippen LogP contribution in [-0.2, 0) is 23.1 Å². The number of ether oxygens (including phenoxy) is 1. The molecule has 24 heavy (non-hydrogen) atoms. The summed E-state index contributed by atoms with van der Waals surface area (Å²) in [6.45, 7) is -1.63. The summed E-state index contributed by atoms with van der Waals surface area (Å²) in [5, 5.41) is 0. The minimum atomic E-state index is -4.52. The topological polar surface area (TPSA) is 47.4 Å². The third kappa shape index (κ3) is 4.58. The average molecular weight is 341 g/mol. The third-order valence-electron chi connectivity index (χ3n) is 3.50. The summed E-state index contributed by atoms with van der Waals surface area (Å²) in [4.78, 5) is 17.4. The van der Waals surface area contributed by atoms with Gasteiger partial charge in [-0.1, -0.05) is 30.3 Å². The highest BCUT2D eigenvalue weighted by atomic mass is 19.4. The molecule has 0 aliphatic heterocycles. The highest BCUT2D eigenvalue weighted by Crippen LogP contribution is 2.24. The quantitative estimate of drug-likeness (QED) is 0.812. The minimum Gasteiger partial charge on any atom is -0.367 e. The summed E-state index contributed by atoms with van der Waals surface area (Å²) in [5.74, 6) is -0.403. The van der Waals surface area contributed by atoms with E-state index in [0.29, 0.717) is 16.3 Å². The van der Waals surface area contributed by atoms with Crippen molar-refractivity contribution >= 4 is 5.91 Å². The fraction of sp³-hybridized carbons (Fsp3) is 0.375. The molecule has 0 saturated carbocycles. The van der Waals surface area contributed by atoms with E-state index in [1.165, 1.54) is 13.3 Å². The van der Waals surface area contributed by atoms with Crippen molar-refractivity contribution in [3.05, 3.63) is 54.1 Å². The number of nitrogens with zero attached hydrogens (tertiary/aromatic N) is 3. The Balaban J connectivity index is 2.27. The molecule has 1 aromatic heterocycles. The van der Waals surface area contributed by atoms with Gasteiger partial charge in [0.2, 0.25) is 0 Å². The molecule has 0 aliphatic rings. The lowest BCUT2D eigenvalue weighted by Gasteiger charge is -2.27. The number of methoxy groups -OCH3 is 1. The van der Waals surface area contributed by atoms with Crippen LogP contribution in [0.5, 0.6) is 0 Å². The molecule has 1 aromatic carbocycles. The van der Waals surface area contributed by atoms with Crippen molar-refractivity contribution in [2.45, 2.75) is 18.8 Å². The molecule has 0 aliphatic carbocycles. The number of carbonyl (C=O) groups excluding carboxylic acids is 1. The van der Waals surface area contributed by atoms with Crippen molar-refractivity contribution in [3.8, 4) is 0 Å². The number of amides is 1. The van der Waals surface area contributed by atoms with Crippen molar-refractivity contribution in [1.29, 1.82) is 0 Å². The summed E-state index contributed by atoms with van der Waals surface area (Å²) in [5.41, 5.74) is 0.497. The zero-order valence-corrected chi connectivity index (χ0v) is 13.3. The van der Waals surface area contributed by atoms with Gasteiger partial charge >= 0.3 is 6.18 Å². The van der Waals surface area contributed by atoms with Gasteiger partial charge in [0.1, 0.15) is 12.4 Å². The zero-order chi connectivity index (χ0) is 17.7. The number of hydrogen-bond acceptors (Lipinski definition) is 3. The maximum absolute atomic E-state index is 12.9. The molecule has 1 atom stereocenters. The van der Waals surface area contributed by atoms with E-state index in [4.69, 9.17) is 4.74 Å². The van der Waals surface area contributed by atoms with Gasteiger partial charge in [-0.3, -0.25) is 4.79 Å². The van der Waals surface area contributed by atoms with E-state index >= 15 is 0 Å². The SMILES string of the molecule is COC(C(=O)N(Cc1nccn1C)CC(F)(F)F)c1ccccc1. The molecule has 5 nitrogen and oxygen atoms in total. The standard InChI is InChI=1S/C16H18F3N3O2/c1-21-9-8-20-13(21)10-22(11-16(17,18)19)15(23)14(24-2)12-6-4-3-5-7-12/h3-9,14H,10-11H2,1-2H3. The summed E-state index contributed by atoms with van der Waals surface area (Å²) in [6, 6.07) is 8.42. The molecule has 0 N–H and O–H groups in total.